The fraction of sp³-hybridized carbons (Fsp3) is 0.0833. The van der Waals surface area contributed by atoms with Crippen molar-refractivity contribution in [2.75, 3.05) is 11.1 Å². The Morgan fingerprint density at radius 1 is 1.56 bits per heavy atom. The van der Waals surface area contributed by atoms with Crippen molar-refractivity contribution in [2.24, 2.45) is 0 Å². The second-order valence-electron chi connectivity index (χ2n) is 3.33. The average molecular weight is 259 g/mol. The van der Waals surface area contributed by atoms with E-state index >= 15 is 0 Å². The fourth-order valence-electron chi connectivity index (χ4n) is 1.27. The van der Waals surface area contributed by atoms with Crippen LogP contribution in [0.4, 0.5) is 5.69 Å². The maximum atomic E-state index is 11.6. The quantitative estimate of drug-likeness (QED) is 0.852. The van der Waals surface area contributed by atoms with Crippen LogP contribution in [0, 0.1) is 11.3 Å². The molecule has 1 heterocycles. The first-order chi connectivity index (χ1) is 8.78. The molecule has 90 valence electrons. The molecule has 0 fully saturated rings. The lowest BCUT2D eigenvalue weighted by atomic mass is 10.2. The topological polar surface area (TPSA) is 78.9 Å². The molecule has 1 N–H and O–H groups in total. The zero-order valence-electron chi connectivity index (χ0n) is 9.29. The maximum Gasteiger partial charge on any atom is 0.256 e. The van der Waals surface area contributed by atoms with Crippen molar-refractivity contribution in [1.29, 1.82) is 5.26 Å². The number of rotatable bonds is 4. The third-order valence-corrected chi connectivity index (χ3v) is 2.87. The number of nitrogens with zero attached hydrogens (tertiary/aromatic N) is 2. The summed E-state index contributed by atoms with van der Waals surface area (Å²) in [6.45, 7) is 0. The van der Waals surface area contributed by atoms with E-state index in [9.17, 15) is 4.79 Å². The molecule has 0 bridgehead atoms. The van der Waals surface area contributed by atoms with E-state index in [0.717, 1.165) is 0 Å². The summed E-state index contributed by atoms with van der Waals surface area (Å²) in [5.41, 5.74) is 1.11. The van der Waals surface area contributed by atoms with Crippen LogP contribution in [0.1, 0.15) is 5.56 Å². The first kappa shape index (κ1) is 12.2. The number of nitrogens with one attached hydrogen (secondary N) is 1. The Labute approximate surface area is 108 Å². The maximum absolute atomic E-state index is 11.6. The zero-order valence-corrected chi connectivity index (χ0v) is 10.1. The van der Waals surface area contributed by atoms with Gasteiger partial charge in [0.1, 0.15) is 6.26 Å². The van der Waals surface area contributed by atoms with Crippen LogP contribution in [0.5, 0.6) is 0 Å². The predicted octanol–water partition coefficient (Wildman–Crippen LogP) is 2.28. The number of hydrogen-bond acceptors (Lipinski definition) is 5. The number of carbonyl (C=O) groups excluding carboxylic acids is 1. The third kappa shape index (κ3) is 3.37. The number of amides is 1. The minimum atomic E-state index is -0.173. The molecule has 1 amide bonds. The van der Waals surface area contributed by atoms with Gasteiger partial charge in [-0.15, -0.1) is 0 Å². The van der Waals surface area contributed by atoms with Gasteiger partial charge in [0.05, 0.1) is 23.6 Å². The second-order valence-corrected chi connectivity index (χ2v) is 4.25. The molecule has 0 aliphatic carbocycles. The molecule has 1 aromatic carbocycles. The molecule has 0 aliphatic rings. The van der Waals surface area contributed by atoms with Crippen LogP contribution in [-0.4, -0.2) is 16.6 Å². The number of anilines is 1. The average Bonchev–Trinajstić information content (AvgIpc) is 2.90. The molecule has 2 rings (SSSR count). The van der Waals surface area contributed by atoms with E-state index in [1.807, 2.05) is 6.07 Å². The molecule has 5 nitrogen and oxygen atoms in total. The molecule has 0 radical (unpaired) electrons. The Balaban J connectivity index is 1.89. The Bertz CT molecular complexity index is 575. The van der Waals surface area contributed by atoms with Crippen molar-refractivity contribution in [2.45, 2.75) is 5.22 Å². The molecule has 0 saturated heterocycles. The number of aromatic nitrogens is 1. The van der Waals surface area contributed by atoms with Crippen LogP contribution >= 0.6 is 11.8 Å². The van der Waals surface area contributed by atoms with Gasteiger partial charge in [-0.1, -0.05) is 17.8 Å². The number of nitriles is 1. The monoisotopic (exact) mass is 259 g/mol. The highest BCUT2D eigenvalue weighted by molar-refractivity contribution is 7.99. The Morgan fingerprint density at radius 3 is 3.17 bits per heavy atom. The van der Waals surface area contributed by atoms with Gasteiger partial charge in [-0.25, -0.2) is 4.98 Å². The van der Waals surface area contributed by atoms with Gasteiger partial charge in [-0.3, -0.25) is 4.79 Å². The van der Waals surface area contributed by atoms with E-state index in [2.05, 4.69) is 10.3 Å². The summed E-state index contributed by atoms with van der Waals surface area (Å²) in [6, 6.07) is 8.76. The van der Waals surface area contributed by atoms with Crippen molar-refractivity contribution >= 4 is 23.4 Å². The highest BCUT2D eigenvalue weighted by Gasteiger charge is 2.06. The smallest absolute Gasteiger partial charge is 0.256 e. The van der Waals surface area contributed by atoms with E-state index in [0.29, 0.717) is 16.5 Å². The van der Waals surface area contributed by atoms with Crippen molar-refractivity contribution in [3.8, 4) is 6.07 Å². The van der Waals surface area contributed by atoms with E-state index < -0.39 is 0 Å². The lowest BCUT2D eigenvalue weighted by Crippen LogP contribution is -2.13. The normalized spacial score (nSPS) is 9.72. The highest BCUT2D eigenvalue weighted by atomic mass is 32.2. The van der Waals surface area contributed by atoms with Gasteiger partial charge >= 0.3 is 0 Å². The van der Waals surface area contributed by atoms with Crippen LogP contribution in [0.2, 0.25) is 0 Å². The van der Waals surface area contributed by atoms with Crippen molar-refractivity contribution < 1.29 is 9.21 Å². The fourth-order valence-corrected chi connectivity index (χ4v) is 1.86. The third-order valence-electron chi connectivity index (χ3n) is 2.01. The lowest BCUT2D eigenvalue weighted by molar-refractivity contribution is -0.113. The predicted molar refractivity (Wildman–Crippen MR) is 67.0 cm³/mol. The largest absolute Gasteiger partial charge is 0.440 e. The number of oxazole rings is 1. The van der Waals surface area contributed by atoms with Crippen molar-refractivity contribution in [1.82, 2.24) is 4.98 Å². The number of carbonyl (C=O) groups is 1. The zero-order chi connectivity index (χ0) is 12.8. The van der Waals surface area contributed by atoms with Crippen LogP contribution in [0.25, 0.3) is 0 Å². The minimum Gasteiger partial charge on any atom is -0.440 e. The summed E-state index contributed by atoms with van der Waals surface area (Å²) in [5, 5.41) is 11.9. The van der Waals surface area contributed by atoms with Crippen molar-refractivity contribution in [3.05, 3.63) is 42.3 Å². The standard InChI is InChI=1S/C12H9N3O2S/c13-7-9-2-1-3-10(6-9)15-11(16)8-18-12-14-4-5-17-12/h1-6H,8H2,(H,15,16). The molecule has 0 spiro atoms. The summed E-state index contributed by atoms with van der Waals surface area (Å²) in [7, 11) is 0. The summed E-state index contributed by atoms with van der Waals surface area (Å²) in [6.07, 6.45) is 2.98. The van der Waals surface area contributed by atoms with Crippen LogP contribution < -0.4 is 5.32 Å². The minimum absolute atomic E-state index is 0.173. The van der Waals surface area contributed by atoms with Gasteiger partial charge in [0.25, 0.3) is 5.22 Å². The summed E-state index contributed by atoms with van der Waals surface area (Å²) < 4.78 is 5.00. The lowest BCUT2D eigenvalue weighted by Gasteiger charge is -2.03. The van der Waals surface area contributed by atoms with Crippen LogP contribution in [-0.2, 0) is 4.79 Å². The van der Waals surface area contributed by atoms with E-state index in [4.69, 9.17) is 9.68 Å². The van der Waals surface area contributed by atoms with Gasteiger partial charge in [0, 0.05) is 5.69 Å². The molecular weight excluding hydrogens is 250 g/mol. The molecular formula is C12H9N3O2S. The molecule has 0 saturated carbocycles. The second kappa shape index (κ2) is 5.89. The number of thioether (sulfide) groups is 1. The van der Waals surface area contributed by atoms with Gasteiger partial charge < -0.3 is 9.73 Å². The van der Waals surface area contributed by atoms with Crippen LogP contribution in [0.3, 0.4) is 0 Å². The first-order valence-corrected chi connectivity index (χ1v) is 6.09. The van der Waals surface area contributed by atoms with Gasteiger partial charge in [0.2, 0.25) is 5.91 Å². The van der Waals surface area contributed by atoms with Crippen LogP contribution in [0.15, 0.2) is 46.4 Å². The van der Waals surface area contributed by atoms with Gasteiger partial charge in [0.15, 0.2) is 0 Å². The Hall–Kier alpha value is -2.26. The highest BCUT2D eigenvalue weighted by Crippen LogP contribution is 2.15. The van der Waals surface area contributed by atoms with E-state index in [1.54, 1.807) is 24.3 Å². The molecule has 0 unspecified atom stereocenters. The first-order valence-electron chi connectivity index (χ1n) is 5.10. The summed E-state index contributed by atoms with van der Waals surface area (Å²) >= 11 is 1.21. The molecule has 18 heavy (non-hydrogen) atoms. The molecule has 2 aromatic rings. The van der Waals surface area contributed by atoms with E-state index in [-0.39, 0.29) is 11.7 Å². The summed E-state index contributed by atoms with van der Waals surface area (Å²) in [5.74, 6) is 0.0328. The molecule has 0 atom stereocenters. The Morgan fingerprint density at radius 2 is 2.44 bits per heavy atom. The van der Waals surface area contributed by atoms with Crippen molar-refractivity contribution in [3.63, 3.8) is 0 Å². The number of hydrogen-bond donors (Lipinski definition) is 1. The van der Waals surface area contributed by atoms with E-state index in [1.165, 1.54) is 24.2 Å². The van der Waals surface area contributed by atoms with Gasteiger partial charge in [-0.05, 0) is 18.2 Å². The molecule has 1 aromatic heterocycles. The number of benzene rings is 1. The van der Waals surface area contributed by atoms with Gasteiger partial charge in [-0.2, -0.15) is 5.26 Å². The SMILES string of the molecule is N#Cc1cccc(NC(=O)CSc2ncco2)c1. The summed E-state index contributed by atoms with van der Waals surface area (Å²) in [4.78, 5) is 15.5. The molecule has 6 heteroatoms. The molecule has 0 aliphatic heterocycles. The Kier molecular flexibility index (Phi) is 3.99.